The molecule has 0 radical (unpaired) electrons. The molecule has 0 bridgehead atoms. The quantitative estimate of drug-likeness (QED) is 0.842. The van der Waals surface area contributed by atoms with Crippen molar-refractivity contribution in [2.45, 2.75) is 26.1 Å². The number of halogens is 5. The second-order valence-corrected chi connectivity index (χ2v) is 4.85. The summed E-state index contributed by atoms with van der Waals surface area (Å²) in [6, 6.07) is 1.32. The van der Waals surface area contributed by atoms with Gasteiger partial charge in [-0.25, -0.2) is 4.39 Å². The van der Waals surface area contributed by atoms with Crippen LogP contribution in [-0.4, -0.2) is 11.7 Å². The number of rotatable bonds is 3. The number of nitrogens with two attached hydrogens (primary N) is 1. The van der Waals surface area contributed by atoms with Gasteiger partial charge in [-0.05, 0) is 17.7 Å². The standard InChI is InChI=1S/C12H15F4NO.ClH/c1-11(2,6-18)10(17)8-4-3-7(13)5-9(8)12(14,15)16;/h3-5,10,18H,6,17H2,1-2H3;1H/t10-;/m0./s1. The fraction of sp³-hybridized carbons (Fsp3) is 0.500. The number of hydrogen-bond donors (Lipinski definition) is 2. The van der Waals surface area contributed by atoms with Crippen molar-refractivity contribution in [3.63, 3.8) is 0 Å². The Kier molecular flexibility index (Phi) is 5.80. The molecule has 0 aliphatic heterocycles. The first kappa shape index (κ1) is 18.1. The third-order valence-corrected chi connectivity index (χ3v) is 2.91. The van der Waals surface area contributed by atoms with Crippen LogP contribution in [0.25, 0.3) is 0 Å². The maximum atomic E-state index is 12.9. The van der Waals surface area contributed by atoms with Crippen LogP contribution in [0, 0.1) is 11.2 Å². The zero-order valence-electron chi connectivity index (χ0n) is 10.5. The minimum Gasteiger partial charge on any atom is -0.396 e. The molecule has 0 unspecified atom stereocenters. The van der Waals surface area contributed by atoms with Gasteiger partial charge in [-0.15, -0.1) is 12.4 Å². The summed E-state index contributed by atoms with van der Waals surface area (Å²) in [5.74, 6) is -0.972. The summed E-state index contributed by atoms with van der Waals surface area (Å²) in [4.78, 5) is 0. The van der Waals surface area contributed by atoms with Gasteiger partial charge in [0.1, 0.15) is 5.82 Å². The highest BCUT2D eigenvalue weighted by atomic mass is 35.5. The minimum absolute atomic E-state index is 0. The molecule has 1 aromatic rings. The van der Waals surface area contributed by atoms with Crippen molar-refractivity contribution in [1.82, 2.24) is 0 Å². The van der Waals surface area contributed by atoms with Crippen molar-refractivity contribution < 1.29 is 22.7 Å². The summed E-state index contributed by atoms with van der Waals surface area (Å²) in [6.07, 6.45) is -4.68. The third kappa shape index (κ3) is 4.06. The summed E-state index contributed by atoms with van der Waals surface area (Å²) >= 11 is 0. The number of benzene rings is 1. The Bertz CT molecular complexity index is 434. The monoisotopic (exact) mass is 301 g/mol. The molecule has 0 heterocycles. The molecule has 0 saturated heterocycles. The topological polar surface area (TPSA) is 46.2 Å². The Balaban J connectivity index is 0.00000324. The Hall–Kier alpha value is -0.850. The second kappa shape index (κ2) is 6.07. The molecule has 1 atom stereocenters. The molecule has 110 valence electrons. The Morgan fingerprint density at radius 2 is 1.79 bits per heavy atom. The third-order valence-electron chi connectivity index (χ3n) is 2.91. The van der Waals surface area contributed by atoms with Gasteiger partial charge in [0.15, 0.2) is 0 Å². The number of hydrogen-bond acceptors (Lipinski definition) is 2. The maximum absolute atomic E-state index is 12.9. The van der Waals surface area contributed by atoms with Crippen molar-refractivity contribution in [3.8, 4) is 0 Å². The highest BCUT2D eigenvalue weighted by molar-refractivity contribution is 5.85. The Morgan fingerprint density at radius 3 is 2.21 bits per heavy atom. The fourth-order valence-electron chi connectivity index (χ4n) is 1.56. The van der Waals surface area contributed by atoms with Gasteiger partial charge in [0.25, 0.3) is 0 Å². The molecule has 19 heavy (non-hydrogen) atoms. The summed E-state index contributed by atoms with van der Waals surface area (Å²) in [5, 5.41) is 9.14. The molecule has 0 spiro atoms. The molecule has 2 nitrogen and oxygen atoms in total. The van der Waals surface area contributed by atoms with Gasteiger partial charge in [0, 0.05) is 18.1 Å². The molecule has 0 aliphatic rings. The molecule has 3 N–H and O–H groups in total. The lowest BCUT2D eigenvalue weighted by molar-refractivity contribution is -0.138. The first-order chi connectivity index (χ1) is 8.09. The van der Waals surface area contributed by atoms with E-state index in [0.717, 1.165) is 12.1 Å². The van der Waals surface area contributed by atoms with Crippen molar-refractivity contribution in [2.24, 2.45) is 11.1 Å². The molecule has 0 aromatic heterocycles. The van der Waals surface area contributed by atoms with Crippen molar-refractivity contribution in [3.05, 3.63) is 35.1 Å². The van der Waals surface area contributed by atoms with Gasteiger partial charge in [-0.2, -0.15) is 13.2 Å². The largest absolute Gasteiger partial charge is 0.416 e. The molecule has 1 rings (SSSR count). The average Bonchev–Trinajstić information content (AvgIpc) is 2.27. The minimum atomic E-state index is -4.68. The van der Waals surface area contributed by atoms with E-state index in [-0.39, 0.29) is 24.6 Å². The fourth-order valence-corrected chi connectivity index (χ4v) is 1.56. The summed E-state index contributed by atoms with van der Waals surface area (Å²) < 4.78 is 51.3. The van der Waals surface area contributed by atoms with E-state index in [1.54, 1.807) is 13.8 Å². The van der Waals surface area contributed by atoms with Gasteiger partial charge in [-0.1, -0.05) is 19.9 Å². The van der Waals surface area contributed by atoms with Gasteiger partial charge >= 0.3 is 6.18 Å². The maximum Gasteiger partial charge on any atom is 0.416 e. The first-order valence-corrected chi connectivity index (χ1v) is 5.32. The van der Waals surface area contributed by atoms with E-state index in [2.05, 4.69) is 0 Å². The van der Waals surface area contributed by atoms with Crippen LogP contribution in [0.5, 0.6) is 0 Å². The van der Waals surface area contributed by atoms with E-state index in [9.17, 15) is 17.6 Å². The van der Waals surface area contributed by atoms with Crippen LogP contribution in [0.2, 0.25) is 0 Å². The predicted octanol–water partition coefficient (Wildman–Crippen LogP) is 3.28. The molecule has 7 heteroatoms. The molecule has 0 aliphatic carbocycles. The molecule has 1 aromatic carbocycles. The summed E-state index contributed by atoms with van der Waals surface area (Å²) in [6.45, 7) is 2.71. The second-order valence-electron chi connectivity index (χ2n) is 4.85. The molecule has 0 saturated carbocycles. The van der Waals surface area contributed by atoms with Gasteiger partial charge < -0.3 is 10.8 Å². The van der Waals surface area contributed by atoms with Crippen molar-refractivity contribution >= 4 is 12.4 Å². The zero-order chi connectivity index (χ0) is 14.1. The normalized spacial score (nSPS) is 13.9. The van der Waals surface area contributed by atoms with Crippen LogP contribution >= 0.6 is 12.4 Å². The predicted molar refractivity (Wildman–Crippen MR) is 66.4 cm³/mol. The molecular weight excluding hydrogens is 286 g/mol. The van der Waals surface area contributed by atoms with Gasteiger partial charge in [-0.3, -0.25) is 0 Å². The van der Waals surface area contributed by atoms with E-state index in [0.29, 0.717) is 6.07 Å². The number of aliphatic hydroxyl groups excluding tert-OH is 1. The highest BCUT2D eigenvalue weighted by Crippen LogP contribution is 2.39. The van der Waals surface area contributed by atoms with Crippen molar-refractivity contribution in [2.75, 3.05) is 6.61 Å². The molecular formula is C12H16ClF4NO. The Morgan fingerprint density at radius 1 is 1.26 bits per heavy atom. The summed E-state index contributed by atoms with van der Waals surface area (Å²) in [5.41, 5.74) is 3.50. The smallest absolute Gasteiger partial charge is 0.396 e. The lowest BCUT2D eigenvalue weighted by Crippen LogP contribution is -2.34. The van der Waals surface area contributed by atoms with Crippen LogP contribution in [-0.2, 0) is 6.18 Å². The zero-order valence-corrected chi connectivity index (χ0v) is 11.3. The van der Waals surface area contributed by atoms with Crippen LogP contribution in [0.15, 0.2) is 18.2 Å². The lowest BCUT2D eigenvalue weighted by Gasteiger charge is -2.31. The van der Waals surface area contributed by atoms with E-state index in [4.69, 9.17) is 10.8 Å². The summed E-state index contributed by atoms with van der Waals surface area (Å²) in [7, 11) is 0. The van der Waals surface area contributed by atoms with Crippen LogP contribution in [0.1, 0.15) is 31.0 Å². The Labute approximate surface area is 115 Å². The number of alkyl halides is 3. The SMILES string of the molecule is CC(C)(CO)[C@@H](N)c1ccc(F)cc1C(F)(F)F.Cl. The van der Waals surface area contributed by atoms with E-state index in [1.807, 2.05) is 0 Å². The van der Waals surface area contributed by atoms with E-state index >= 15 is 0 Å². The average molecular weight is 302 g/mol. The number of aliphatic hydroxyl groups is 1. The first-order valence-electron chi connectivity index (χ1n) is 5.32. The van der Waals surface area contributed by atoms with Gasteiger partial charge in [0.05, 0.1) is 5.56 Å². The van der Waals surface area contributed by atoms with Gasteiger partial charge in [0.2, 0.25) is 0 Å². The molecule has 0 fully saturated rings. The van der Waals surface area contributed by atoms with Crippen LogP contribution < -0.4 is 5.73 Å². The van der Waals surface area contributed by atoms with Crippen LogP contribution in [0.3, 0.4) is 0 Å². The highest BCUT2D eigenvalue weighted by Gasteiger charge is 2.38. The molecule has 0 amide bonds. The lowest BCUT2D eigenvalue weighted by atomic mass is 9.80. The van der Waals surface area contributed by atoms with Crippen LogP contribution in [0.4, 0.5) is 17.6 Å². The van der Waals surface area contributed by atoms with E-state index < -0.39 is 29.0 Å². The van der Waals surface area contributed by atoms with E-state index in [1.165, 1.54) is 0 Å². The van der Waals surface area contributed by atoms with Crippen molar-refractivity contribution in [1.29, 1.82) is 0 Å².